The van der Waals surface area contributed by atoms with Crippen molar-refractivity contribution in [1.29, 1.82) is 0 Å². The van der Waals surface area contributed by atoms with Crippen LogP contribution >= 0.6 is 15.9 Å². The zero-order chi connectivity index (χ0) is 19.6. The van der Waals surface area contributed by atoms with Crippen LogP contribution in [0, 0.1) is 10.1 Å². The molecule has 1 atom stereocenters. The number of non-ortho nitro benzene ring substituents is 1. The minimum Gasteiger partial charge on any atom is -0.327 e. The highest BCUT2D eigenvalue weighted by molar-refractivity contribution is 9.10. The molecular weight excluding hydrogens is 416 g/mol. The number of rotatable bonds is 4. The minimum absolute atomic E-state index is 0.129. The Morgan fingerprint density at radius 3 is 2.67 bits per heavy atom. The van der Waals surface area contributed by atoms with E-state index in [4.69, 9.17) is 0 Å². The van der Waals surface area contributed by atoms with Gasteiger partial charge in [-0.25, -0.2) is 4.79 Å². The van der Waals surface area contributed by atoms with Gasteiger partial charge in [-0.05, 0) is 24.6 Å². The lowest BCUT2D eigenvalue weighted by atomic mass is 9.95. The largest absolute Gasteiger partial charge is 0.327 e. The Morgan fingerprint density at radius 1 is 1.22 bits per heavy atom. The number of hydrogen-bond acceptors (Lipinski definition) is 4. The summed E-state index contributed by atoms with van der Waals surface area (Å²) in [6.45, 7) is 1.63. The molecule has 0 radical (unpaired) electrons. The Kier molecular flexibility index (Phi) is 5.22. The van der Waals surface area contributed by atoms with E-state index in [1.807, 2.05) is 12.1 Å². The number of anilines is 1. The van der Waals surface area contributed by atoms with Crippen LogP contribution in [0.3, 0.4) is 0 Å². The lowest BCUT2D eigenvalue weighted by Crippen LogP contribution is -2.46. The zero-order valence-corrected chi connectivity index (χ0v) is 15.7. The van der Waals surface area contributed by atoms with Crippen molar-refractivity contribution in [3.05, 3.63) is 80.0 Å². The molecule has 1 aliphatic rings. The summed E-state index contributed by atoms with van der Waals surface area (Å²) in [7, 11) is 0. The molecule has 0 fully saturated rings. The second-order valence-electron chi connectivity index (χ2n) is 5.85. The molecule has 9 heteroatoms. The molecule has 0 unspecified atom stereocenters. The molecule has 0 aromatic heterocycles. The topological polar surface area (TPSA) is 113 Å². The predicted molar refractivity (Wildman–Crippen MR) is 103 cm³/mol. The fourth-order valence-electron chi connectivity index (χ4n) is 2.83. The van der Waals surface area contributed by atoms with Gasteiger partial charge >= 0.3 is 6.03 Å². The number of nitrogens with zero attached hydrogens (tertiary/aromatic N) is 1. The molecule has 0 saturated carbocycles. The number of benzene rings is 2. The third kappa shape index (κ3) is 3.98. The van der Waals surface area contributed by atoms with Crippen LogP contribution in [-0.4, -0.2) is 16.9 Å². The summed E-state index contributed by atoms with van der Waals surface area (Å²) in [5.74, 6) is -0.471. The number of allylic oxidation sites excluding steroid dienone is 1. The molecule has 8 nitrogen and oxygen atoms in total. The van der Waals surface area contributed by atoms with Crippen molar-refractivity contribution in [2.75, 3.05) is 5.32 Å². The third-order valence-corrected chi connectivity index (χ3v) is 4.77. The van der Waals surface area contributed by atoms with Crippen LogP contribution in [0.15, 0.2) is 64.3 Å². The van der Waals surface area contributed by atoms with Crippen LogP contribution in [0.5, 0.6) is 0 Å². The molecule has 3 rings (SSSR count). The van der Waals surface area contributed by atoms with Crippen LogP contribution in [0.2, 0.25) is 0 Å². The fraction of sp³-hybridized carbons (Fsp3) is 0.111. The monoisotopic (exact) mass is 430 g/mol. The van der Waals surface area contributed by atoms with Crippen molar-refractivity contribution in [1.82, 2.24) is 10.6 Å². The number of nitrogens with one attached hydrogen (secondary N) is 3. The van der Waals surface area contributed by atoms with E-state index in [0.717, 1.165) is 10.0 Å². The molecular formula is C18H15BrN4O4. The van der Waals surface area contributed by atoms with Gasteiger partial charge in [-0.1, -0.05) is 40.2 Å². The van der Waals surface area contributed by atoms with Crippen LogP contribution in [0.1, 0.15) is 18.5 Å². The van der Waals surface area contributed by atoms with E-state index < -0.39 is 22.9 Å². The Bertz CT molecular complexity index is 973. The predicted octanol–water partition coefficient (Wildman–Crippen LogP) is 3.62. The van der Waals surface area contributed by atoms with Crippen LogP contribution in [0.25, 0.3) is 0 Å². The Morgan fingerprint density at radius 2 is 1.96 bits per heavy atom. The maximum Gasteiger partial charge on any atom is 0.319 e. The number of nitro benzene ring substituents is 1. The Hall–Kier alpha value is -3.20. The first-order chi connectivity index (χ1) is 12.9. The van der Waals surface area contributed by atoms with Gasteiger partial charge in [0.05, 0.1) is 16.5 Å². The molecule has 0 aliphatic carbocycles. The van der Waals surface area contributed by atoms with E-state index in [0.29, 0.717) is 11.3 Å². The smallest absolute Gasteiger partial charge is 0.319 e. The normalized spacial score (nSPS) is 16.4. The number of carbonyl (C=O) groups is 2. The Labute approximate surface area is 162 Å². The van der Waals surface area contributed by atoms with Crippen LogP contribution < -0.4 is 16.0 Å². The van der Waals surface area contributed by atoms with Crippen molar-refractivity contribution in [3.8, 4) is 0 Å². The van der Waals surface area contributed by atoms with Gasteiger partial charge < -0.3 is 16.0 Å². The van der Waals surface area contributed by atoms with E-state index in [9.17, 15) is 19.7 Å². The minimum atomic E-state index is -0.673. The summed E-state index contributed by atoms with van der Waals surface area (Å²) < 4.78 is 0.741. The summed E-state index contributed by atoms with van der Waals surface area (Å²) in [6.07, 6.45) is 0. The van der Waals surface area contributed by atoms with E-state index in [1.54, 1.807) is 25.1 Å². The maximum atomic E-state index is 12.9. The SMILES string of the molecule is CC1=C(C(=O)Nc2cccc([N+](=O)[O-])c2)[C@H](c2ccccc2Br)NC(=O)N1. The first-order valence-electron chi connectivity index (χ1n) is 7.95. The lowest BCUT2D eigenvalue weighted by Gasteiger charge is -2.29. The number of carbonyl (C=O) groups excluding carboxylic acids is 2. The molecule has 0 bridgehead atoms. The lowest BCUT2D eigenvalue weighted by molar-refractivity contribution is -0.384. The number of amides is 3. The first-order valence-corrected chi connectivity index (χ1v) is 8.74. The molecule has 138 valence electrons. The average Bonchev–Trinajstić information content (AvgIpc) is 2.61. The molecule has 0 saturated heterocycles. The highest BCUT2D eigenvalue weighted by atomic mass is 79.9. The number of halogens is 1. The van der Waals surface area contributed by atoms with Gasteiger partial charge in [0.25, 0.3) is 11.6 Å². The standard InChI is InChI=1S/C18H15BrN4O4/c1-10-15(17(24)21-11-5-4-6-12(9-11)23(26)27)16(22-18(25)20-10)13-7-2-3-8-14(13)19/h2-9,16H,1H3,(H,21,24)(H2,20,22,25)/t16-/m0/s1. The summed E-state index contributed by atoms with van der Waals surface area (Å²) in [4.78, 5) is 35.2. The van der Waals surface area contributed by atoms with E-state index in [-0.39, 0.29) is 11.4 Å². The number of nitro groups is 1. The quantitative estimate of drug-likeness (QED) is 0.507. The van der Waals surface area contributed by atoms with Crippen LogP contribution in [-0.2, 0) is 4.79 Å². The second-order valence-corrected chi connectivity index (χ2v) is 6.71. The van der Waals surface area contributed by atoms with Gasteiger partial charge in [0.2, 0.25) is 0 Å². The summed E-state index contributed by atoms with van der Waals surface area (Å²) in [5.41, 5.74) is 1.60. The van der Waals surface area contributed by atoms with Gasteiger partial charge in [-0.3, -0.25) is 14.9 Å². The van der Waals surface area contributed by atoms with Crippen molar-refractivity contribution < 1.29 is 14.5 Å². The van der Waals surface area contributed by atoms with E-state index >= 15 is 0 Å². The fourth-order valence-corrected chi connectivity index (χ4v) is 3.35. The summed E-state index contributed by atoms with van der Waals surface area (Å²) in [5, 5.41) is 18.9. The third-order valence-electron chi connectivity index (χ3n) is 4.04. The molecule has 27 heavy (non-hydrogen) atoms. The molecule has 1 aliphatic heterocycles. The van der Waals surface area contributed by atoms with Crippen molar-refractivity contribution in [2.45, 2.75) is 13.0 Å². The van der Waals surface area contributed by atoms with Gasteiger partial charge in [-0.2, -0.15) is 0 Å². The maximum absolute atomic E-state index is 12.9. The average molecular weight is 431 g/mol. The van der Waals surface area contributed by atoms with Gasteiger partial charge in [0.1, 0.15) is 0 Å². The van der Waals surface area contributed by atoms with Crippen molar-refractivity contribution in [2.24, 2.45) is 0 Å². The first kappa shape index (κ1) is 18.6. The second kappa shape index (κ2) is 7.58. The van der Waals surface area contributed by atoms with Gasteiger partial charge in [-0.15, -0.1) is 0 Å². The summed E-state index contributed by atoms with van der Waals surface area (Å²) >= 11 is 3.44. The van der Waals surface area contributed by atoms with Gasteiger partial charge in [0.15, 0.2) is 0 Å². The van der Waals surface area contributed by atoms with Crippen LogP contribution in [0.4, 0.5) is 16.2 Å². The van der Waals surface area contributed by atoms with Crippen molar-refractivity contribution >= 4 is 39.2 Å². The molecule has 3 N–H and O–H groups in total. The Balaban J connectivity index is 1.96. The highest BCUT2D eigenvalue weighted by Crippen LogP contribution is 2.32. The van der Waals surface area contributed by atoms with Crippen molar-refractivity contribution in [3.63, 3.8) is 0 Å². The van der Waals surface area contributed by atoms with E-state index in [2.05, 4.69) is 31.9 Å². The molecule has 2 aromatic rings. The molecule has 3 amide bonds. The molecule has 2 aromatic carbocycles. The van der Waals surface area contributed by atoms with E-state index in [1.165, 1.54) is 18.2 Å². The zero-order valence-electron chi connectivity index (χ0n) is 14.2. The number of urea groups is 1. The summed E-state index contributed by atoms with van der Waals surface area (Å²) in [6, 6.07) is 11.8. The highest BCUT2D eigenvalue weighted by Gasteiger charge is 2.32. The molecule has 0 spiro atoms. The number of hydrogen-bond donors (Lipinski definition) is 3. The van der Waals surface area contributed by atoms with Gasteiger partial charge in [0, 0.05) is 28.0 Å². The molecule has 1 heterocycles.